The van der Waals surface area contributed by atoms with E-state index in [-0.39, 0.29) is 18.0 Å². The minimum Gasteiger partial charge on any atom is -0.325 e. The van der Waals surface area contributed by atoms with Gasteiger partial charge in [-0.05, 0) is 37.1 Å². The summed E-state index contributed by atoms with van der Waals surface area (Å²) < 4.78 is 2.63. The zero-order chi connectivity index (χ0) is 16.6. The van der Waals surface area contributed by atoms with E-state index < -0.39 is 5.56 Å². The number of benzene rings is 1. The zero-order valence-corrected chi connectivity index (χ0v) is 13.1. The zero-order valence-electron chi connectivity index (χ0n) is 13.1. The fraction of sp³-hybridized carbons (Fsp3) is 0.267. The SMILES string of the molecule is Cc1cc(C)cc(NC(=O)Cn2cnc3c(nnn3C)c2=O)c1. The maximum absolute atomic E-state index is 12.3. The van der Waals surface area contributed by atoms with Crippen LogP contribution in [0.2, 0.25) is 0 Å². The third-order valence-corrected chi connectivity index (χ3v) is 3.40. The van der Waals surface area contributed by atoms with Crippen molar-refractivity contribution in [1.29, 1.82) is 0 Å². The Morgan fingerprint density at radius 1 is 1.22 bits per heavy atom. The fourth-order valence-corrected chi connectivity index (χ4v) is 2.46. The summed E-state index contributed by atoms with van der Waals surface area (Å²) in [6.45, 7) is 3.78. The lowest BCUT2D eigenvalue weighted by Crippen LogP contribution is -2.28. The molecule has 0 unspecified atom stereocenters. The molecule has 0 bridgehead atoms. The van der Waals surface area contributed by atoms with E-state index in [4.69, 9.17) is 0 Å². The average Bonchev–Trinajstić information content (AvgIpc) is 2.83. The van der Waals surface area contributed by atoms with Crippen molar-refractivity contribution < 1.29 is 4.79 Å². The number of hydrogen-bond donors (Lipinski definition) is 1. The minimum absolute atomic E-state index is 0.134. The first kappa shape index (κ1) is 14.9. The molecule has 2 aromatic heterocycles. The van der Waals surface area contributed by atoms with Crippen LogP contribution < -0.4 is 10.9 Å². The van der Waals surface area contributed by atoms with E-state index in [1.165, 1.54) is 15.6 Å². The van der Waals surface area contributed by atoms with Crippen molar-refractivity contribution in [2.45, 2.75) is 20.4 Å². The lowest BCUT2D eigenvalue weighted by Gasteiger charge is -2.08. The number of aryl methyl sites for hydroxylation is 3. The molecule has 0 radical (unpaired) electrons. The summed E-state index contributed by atoms with van der Waals surface area (Å²) in [6.07, 6.45) is 1.33. The molecule has 1 aromatic carbocycles. The molecule has 8 heteroatoms. The molecular weight excluding hydrogens is 296 g/mol. The number of fused-ring (bicyclic) bond motifs is 1. The van der Waals surface area contributed by atoms with Crippen LogP contribution in [0.15, 0.2) is 29.3 Å². The third kappa shape index (κ3) is 2.96. The number of nitrogens with zero attached hydrogens (tertiary/aromatic N) is 5. The molecule has 23 heavy (non-hydrogen) atoms. The molecule has 0 fully saturated rings. The Bertz CT molecular complexity index is 936. The standard InChI is InChI=1S/C15H16N6O2/c1-9-4-10(2)6-11(5-9)17-12(22)7-21-8-16-14-13(15(21)23)18-19-20(14)3/h4-6,8H,7H2,1-3H3,(H,17,22). The van der Waals surface area contributed by atoms with Crippen LogP contribution in [-0.2, 0) is 18.4 Å². The molecule has 1 N–H and O–H groups in total. The van der Waals surface area contributed by atoms with E-state index >= 15 is 0 Å². The van der Waals surface area contributed by atoms with Gasteiger partial charge in [0, 0.05) is 12.7 Å². The van der Waals surface area contributed by atoms with Gasteiger partial charge in [-0.25, -0.2) is 9.67 Å². The molecule has 1 amide bonds. The summed E-state index contributed by atoms with van der Waals surface area (Å²) in [5.41, 5.74) is 2.96. The van der Waals surface area contributed by atoms with E-state index in [0.717, 1.165) is 11.1 Å². The van der Waals surface area contributed by atoms with Crippen LogP contribution in [-0.4, -0.2) is 30.5 Å². The largest absolute Gasteiger partial charge is 0.325 e. The summed E-state index contributed by atoms with van der Waals surface area (Å²) in [7, 11) is 1.65. The van der Waals surface area contributed by atoms with Crippen molar-refractivity contribution >= 4 is 22.8 Å². The van der Waals surface area contributed by atoms with Gasteiger partial charge in [0.15, 0.2) is 11.2 Å². The molecule has 0 saturated heterocycles. The predicted octanol–water partition coefficient (Wildman–Crippen LogP) is 0.781. The van der Waals surface area contributed by atoms with E-state index in [9.17, 15) is 9.59 Å². The molecule has 0 aliphatic carbocycles. The summed E-state index contributed by atoms with van der Waals surface area (Å²) in [5, 5.41) is 10.3. The number of amides is 1. The number of rotatable bonds is 3. The Balaban J connectivity index is 1.83. The number of carbonyl (C=O) groups excluding carboxylic acids is 1. The summed E-state index contributed by atoms with van der Waals surface area (Å²) >= 11 is 0. The monoisotopic (exact) mass is 312 g/mol. The van der Waals surface area contributed by atoms with Gasteiger partial charge in [-0.3, -0.25) is 14.2 Å². The van der Waals surface area contributed by atoms with Crippen LogP contribution in [0.3, 0.4) is 0 Å². The first-order valence-corrected chi connectivity index (χ1v) is 7.07. The maximum atomic E-state index is 12.3. The number of anilines is 1. The highest BCUT2D eigenvalue weighted by atomic mass is 16.2. The summed E-state index contributed by atoms with van der Waals surface area (Å²) in [4.78, 5) is 28.5. The van der Waals surface area contributed by atoms with Gasteiger partial charge in [0.2, 0.25) is 5.91 Å². The molecule has 3 aromatic rings. The normalized spacial score (nSPS) is 10.9. The summed E-state index contributed by atoms with van der Waals surface area (Å²) in [6, 6.07) is 5.77. The van der Waals surface area contributed by atoms with Crippen molar-refractivity contribution in [3.63, 3.8) is 0 Å². The van der Waals surface area contributed by atoms with Crippen molar-refractivity contribution in [2.75, 3.05) is 5.32 Å². The van der Waals surface area contributed by atoms with Crippen molar-refractivity contribution in [3.8, 4) is 0 Å². The second-order valence-corrected chi connectivity index (χ2v) is 5.49. The highest BCUT2D eigenvalue weighted by Crippen LogP contribution is 2.13. The minimum atomic E-state index is -0.390. The highest BCUT2D eigenvalue weighted by molar-refractivity contribution is 5.90. The molecule has 0 spiro atoms. The van der Waals surface area contributed by atoms with Gasteiger partial charge >= 0.3 is 0 Å². The lowest BCUT2D eigenvalue weighted by atomic mass is 10.1. The Morgan fingerprint density at radius 2 is 1.91 bits per heavy atom. The topological polar surface area (TPSA) is 94.7 Å². The van der Waals surface area contributed by atoms with Crippen molar-refractivity contribution in [1.82, 2.24) is 24.5 Å². The number of carbonyl (C=O) groups is 1. The van der Waals surface area contributed by atoms with E-state index in [2.05, 4.69) is 20.6 Å². The molecular formula is C15H16N6O2. The van der Waals surface area contributed by atoms with Crippen LogP contribution in [0.25, 0.3) is 11.2 Å². The van der Waals surface area contributed by atoms with Crippen LogP contribution in [0.1, 0.15) is 11.1 Å². The second-order valence-electron chi connectivity index (χ2n) is 5.49. The Labute approximate surface area is 131 Å². The predicted molar refractivity (Wildman–Crippen MR) is 85.1 cm³/mol. The number of hydrogen-bond acceptors (Lipinski definition) is 5. The first-order chi connectivity index (χ1) is 10.9. The molecule has 3 rings (SSSR count). The van der Waals surface area contributed by atoms with E-state index in [1.807, 2.05) is 32.0 Å². The van der Waals surface area contributed by atoms with Crippen molar-refractivity contribution in [3.05, 3.63) is 46.0 Å². The van der Waals surface area contributed by atoms with Crippen LogP contribution >= 0.6 is 0 Å². The van der Waals surface area contributed by atoms with Gasteiger partial charge in [0.1, 0.15) is 12.9 Å². The lowest BCUT2D eigenvalue weighted by molar-refractivity contribution is -0.116. The Kier molecular flexibility index (Phi) is 3.65. The van der Waals surface area contributed by atoms with E-state index in [1.54, 1.807) is 7.05 Å². The van der Waals surface area contributed by atoms with Crippen molar-refractivity contribution in [2.24, 2.45) is 7.05 Å². The van der Waals surface area contributed by atoms with Gasteiger partial charge in [-0.1, -0.05) is 11.3 Å². The maximum Gasteiger partial charge on any atom is 0.283 e. The van der Waals surface area contributed by atoms with Gasteiger partial charge < -0.3 is 5.32 Å². The van der Waals surface area contributed by atoms with Gasteiger partial charge in [-0.2, -0.15) is 0 Å². The summed E-state index contributed by atoms with van der Waals surface area (Å²) in [5.74, 6) is -0.304. The van der Waals surface area contributed by atoms with E-state index in [0.29, 0.717) is 11.3 Å². The molecule has 2 heterocycles. The fourth-order valence-electron chi connectivity index (χ4n) is 2.46. The third-order valence-electron chi connectivity index (χ3n) is 3.40. The first-order valence-electron chi connectivity index (χ1n) is 7.07. The van der Waals surface area contributed by atoms with Crippen LogP contribution in [0, 0.1) is 13.8 Å². The molecule has 118 valence electrons. The molecule has 0 saturated carbocycles. The second kappa shape index (κ2) is 5.64. The average molecular weight is 312 g/mol. The highest BCUT2D eigenvalue weighted by Gasteiger charge is 2.12. The van der Waals surface area contributed by atoms with Gasteiger partial charge in [-0.15, -0.1) is 5.10 Å². The molecule has 0 atom stereocenters. The smallest absolute Gasteiger partial charge is 0.283 e. The molecule has 0 aliphatic rings. The molecule has 0 aliphatic heterocycles. The Morgan fingerprint density at radius 3 is 2.61 bits per heavy atom. The van der Waals surface area contributed by atoms with Gasteiger partial charge in [0.25, 0.3) is 5.56 Å². The quantitative estimate of drug-likeness (QED) is 0.771. The number of aromatic nitrogens is 5. The molecule has 8 nitrogen and oxygen atoms in total. The van der Waals surface area contributed by atoms with Crippen LogP contribution in [0.5, 0.6) is 0 Å². The number of nitrogens with one attached hydrogen (secondary N) is 1. The Hall–Kier alpha value is -3.03. The van der Waals surface area contributed by atoms with Gasteiger partial charge in [0.05, 0.1) is 0 Å². The van der Waals surface area contributed by atoms with Crippen LogP contribution in [0.4, 0.5) is 5.69 Å².